The fourth-order valence-corrected chi connectivity index (χ4v) is 1.47. The monoisotopic (exact) mass is 256 g/mol. The highest BCUT2D eigenvalue weighted by Gasteiger charge is 2.19. The van der Waals surface area contributed by atoms with Crippen molar-refractivity contribution in [2.24, 2.45) is 0 Å². The Labute approximate surface area is 104 Å². The third-order valence-corrected chi connectivity index (χ3v) is 2.35. The first-order valence-corrected chi connectivity index (χ1v) is 5.59. The lowest BCUT2D eigenvalue weighted by molar-refractivity contribution is 0.0697. The number of carboxylic acid groups (broad SMARTS) is 1. The molecule has 1 aromatic rings. The normalized spacial score (nSPS) is 11.9. The minimum atomic E-state index is -1.09. The van der Waals surface area contributed by atoms with E-state index in [0.717, 1.165) is 0 Å². The van der Waals surface area contributed by atoms with Crippen molar-refractivity contribution in [2.45, 2.75) is 19.2 Å². The van der Waals surface area contributed by atoms with E-state index >= 15 is 0 Å². The lowest BCUT2D eigenvalue weighted by Gasteiger charge is -2.11. The van der Waals surface area contributed by atoms with Crippen LogP contribution in [0.3, 0.4) is 0 Å². The number of hydrogen-bond acceptors (Lipinski definition) is 3. The Morgan fingerprint density at radius 3 is 2.59 bits per heavy atom. The summed E-state index contributed by atoms with van der Waals surface area (Å²) >= 11 is 5.71. The first kappa shape index (κ1) is 13.5. The Hall–Kier alpha value is -1.55. The van der Waals surface area contributed by atoms with Gasteiger partial charge in [-0.2, -0.15) is 0 Å². The predicted molar refractivity (Wildman–Crippen MR) is 64.2 cm³/mol. The molecular formula is C12H13ClO4. The summed E-state index contributed by atoms with van der Waals surface area (Å²) < 4.78 is 5.27. The van der Waals surface area contributed by atoms with Gasteiger partial charge in [0, 0.05) is 0 Å². The molecule has 5 heteroatoms. The van der Waals surface area contributed by atoms with Crippen LogP contribution < -0.4 is 4.74 Å². The number of halogens is 1. The molecule has 4 nitrogen and oxygen atoms in total. The van der Waals surface area contributed by atoms with Gasteiger partial charge in [0.05, 0.1) is 23.1 Å². The second kappa shape index (κ2) is 5.68. The Bertz CT molecular complexity index is 440. The van der Waals surface area contributed by atoms with Crippen LogP contribution in [-0.2, 0) is 0 Å². The summed E-state index contributed by atoms with van der Waals surface area (Å²) in [4.78, 5) is 22.6. The van der Waals surface area contributed by atoms with Crippen LogP contribution in [0.2, 0.25) is 0 Å². The third-order valence-electron chi connectivity index (χ3n) is 2.15. The zero-order valence-electron chi connectivity index (χ0n) is 9.57. The van der Waals surface area contributed by atoms with Gasteiger partial charge in [-0.15, -0.1) is 11.6 Å². The van der Waals surface area contributed by atoms with Crippen molar-refractivity contribution in [2.75, 3.05) is 6.61 Å². The highest BCUT2D eigenvalue weighted by Crippen LogP contribution is 2.23. The maximum atomic E-state index is 11.8. The molecule has 1 atom stereocenters. The molecule has 0 aliphatic rings. The highest BCUT2D eigenvalue weighted by molar-refractivity contribution is 6.34. The van der Waals surface area contributed by atoms with Crippen LogP contribution in [-0.4, -0.2) is 28.8 Å². The lowest BCUT2D eigenvalue weighted by Crippen LogP contribution is -2.13. The van der Waals surface area contributed by atoms with E-state index in [1.807, 2.05) is 0 Å². The van der Waals surface area contributed by atoms with Crippen LogP contribution in [0.15, 0.2) is 18.2 Å². The SMILES string of the molecule is CCOc1ccc(C(=O)O)cc1C(=O)C(C)Cl. The average Bonchev–Trinajstić information content (AvgIpc) is 2.28. The second-order valence-electron chi connectivity index (χ2n) is 3.43. The molecule has 0 spiro atoms. The van der Waals surface area contributed by atoms with Crippen molar-refractivity contribution >= 4 is 23.4 Å². The van der Waals surface area contributed by atoms with Crippen molar-refractivity contribution in [3.8, 4) is 5.75 Å². The molecule has 0 bridgehead atoms. The van der Waals surface area contributed by atoms with Gasteiger partial charge in [-0.05, 0) is 32.0 Å². The number of alkyl halides is 1. The summed E-state index contributed by atoms with van der Waals surface area (Å²) in [7, 11) is 0. The number of ether oxygens (including phenoxy) is 1. The van der Waals surface area contributed by atoms with Crippen molar-refractivity contribution in [1.82, 2.24) is 0 Å². The van der Waals surface area contributed by atoms with Gasteiger partial charge in [0.2, 0.25) is 0 Å². The van der Waals surface area contributed by atoms with Crippen molar-refractivity contribution < 1.29 is 19.4 Å². The minimum Gasteiger partial charge on any atom is -0.493 e. The van der Waals surface area contributed by atoms with Crippen molar-refractivity contribution in [3.63, 3.8) is 0 Å². The number of aromatic carboxylic acids is 1. The Morgan fingerprint density at radius 2 is 2.12 bits per heavy atom. The molecule has 17 heavy (non-hydrogen) atoms. The van der Waals surface area contributed by atoms with Gasteiger partial charge >= 0.3 is 5.97 Å². The van der Waals surface area contributed by atoms with Gasteiger partial charge in [-0.3, -0.25) is 4.79 Å². The average molecular weight is 257 g/mol. The van der Waals surface area contributed by atoms with E-state index in [1.54, 1.807) is 6.92 Å². The molecule has 1 unspecified atom stereocenters. The van der Waals surface area contributed by atoms with E-state index < -0.39 is 11.3 Å². The molecule has 1 N–H and O–H groups in total. The van der Waals surface area contributed by atoms with Gasteiger partial charge in [0.15, 0.2) is 5.78 Å². The lowest BCUT2D eigenvalue weighted by atomic mass is 10.0. The summed E-state index contributed by atoms with van der Waals surface area (Å²) in [5, 5.41) is 8.14. The molecule has 1 aromatic carbocycles. The van der Waals surface area contributed by atoms with Crippen LogP contribution in [0, 0.1) is 0 Å². The van der Waals surface area contributed by atoms with Crippen molar-refractivity contribution in [3.05, 3.63) is 29.3 Å². The highest BCUT2D eigenvalue weighted by atomic mass is 35.5. The van der Waals surface area contributed by atoms with E-state index in [4.69, 9.17) is 21.4 Å². The van der Waals surface area contributed by atoms with Gasteiger partial charge in [-0.1, -0.05) is 0 Å². The standard InChI is InChI=1S/C12H13ClO4/c1-3-17-10-5-4-8(12(15)16)6-9(10)11(14)7(2)13/h4-7H,3H2,1-2H3,(H,15,16). The van der Waals surface area contributed by atoms with Gasteiger partial charge in [-0.25, -0.2) is 4.79 Å². The number of rotatable bonds is 5. The van der Waals surface area contributed by atoms with Gasteiger partial charge in [0.1, 0.15) is 5.75 Å². The first-order valence-electron chi connectivity index (χ1n) is 5.15. The molecule has 0 saturated heterocycles. The van der Waals surface area contributed by atoms with Gasteiger partial charge in [0.25, 0.3) is 0 Å². The van der Waals surface area contributed by atoms with E-state index in [-0.39, 0.29) is 16.9 Å². The van der Waals surface area contributed by atoms with Crippen LogP contribution in [0.25, 0.3) is 0 Å². The zero-order valence-corrected chi connectivity index (χ0v) is 10.3. The first-order chi connectivity index (χ1) is 7.97. The van der Waals surface area contributed by atoms with Crippen LogP contribution in [0.5, 0.6) is 5.75 Å². The van der Waals surface area contributed by atoms with E-state index in [0.29, 0.717) is 12.4 Å². The number of carbonyl (C=O) groups excluding carboxylic acids is 1. The summed E-state index contributed by atoms with van der Waals surface area (Å²) in [5.41, 5.74) is 0.239. The number of ketones is 1. The number of carbonyl (C=O) groups is 2. The van der Waals surface area contributed by atoms with E-state index in [9.17, 15) is 9.59 Å². The minimum absolute atomic E-state index is 0.0362. The van der Waals surface area contributed by atoms with E-state index in [1.165, 1.54) is 25.1 Å². The molecule has 1 rings (SSSR count). The molecule has 0 heterocycles. The van der Waals surface area contributed by atoms with E-state index in [2.05, 4.69) is 0 Å². The smallest absolute Gasteiger partial charge is 0.335 e. The Kier molecular flexibility index (Phi) is 4.52. The Morgan fingerprint density at radius 1 is 1.47 bits per heavy atom. The maximum Gasteiger partial charge on any atom is 0.335 e. The molecule has 0 aliphatic heterocycles. The number of benzene rings is 1. The summed E-state index contributed by atoms with van der Waals surface area (Å²) in [6.45, 7) is 3.71. The molecule has 0 saturated carbocycles. The fourth-order valence-electron chi connectivity index (χ4n) is 1.35. The molecular weight excluding hydrogens is 244 g/mol. The molecule has 0 aliphatic carbocycles. The topological polar surface area (TPSA) is 63.6 Å². The molecule has 0 aromatic heterocycles. The largest absolute Gasteiger partial charge is 0.493 e. The number of Topliss-reactive ketones (excluding diaryl/α,β-unsaturated/α-hetero) is 1. The van der Waals surface area contributed by atoms with Crippen LogP contribution >= 0.6 is 11.6 Å². The zero-order chi connectivity index (χ0) is 13.0. The quantitative estimate of drug-likeness (QED) is 0.650. The number of carboxylic acids is 1. The molecule has 0 amide bonds. The molecule has 92 valence electrons. The fraction of sp³-hybridized carbons (Fsp3) is 0.333. The number of hydrogen-bond donors (Lipinski definition) is 1. The van der Waals surface area contributed by atoms with Crippen LogP contribution in [0.1, 0.15) is 34.6 Å². The van der Waals surface area contributed by atoms with Crippen molar-refractivity contribution in [1.29, 1.82) is 0 Å². The summed E-state index contributed by atoms with van der Waals surface area (Å²) in [5.74, 6) is -1.09. The Balaban J connectivity index is 3.24. The summed E-state index contributed by atoms with van der Waals surface area (Å²) in [6.07, 6.45) is 0. The maximum absolute atomic E-state index is 11.8. The third kappa shape index (κ3) is 3.20. The molecule has 0 fully saturated rings. The van der Waals surface area contributed by atoms with Gasteiger partial charge < -0.3 is 9.84 Å². The summed E-state index contributed by atoms with van der Waals surface area (Å²) in [6, 6.07) is 4.15. The second-order valence-corrected chi connectivity index (χ2v) is 4.08. The predicted octanol–water partition coefficient (Wildman–Crippen LogP) is 2.59. The molecule has 0 radical (unpaired) electrons. The van der Waals surface area contributed by atoms with Crippen LogP contribution in [0.4, 0.5) is 0 Å².